The maximum Gasteiger partial charge on any atom is 0.407 e. The van der Waals surface area contributed by atoms with Crippen LogP contribution < -0.4 is 0 Å². The average molecular weight is 375 g/mol. The lowest BCUT2D eigenvalue weighted by molar-refractivity contribution is 0.0549. The van der Waals surface area contributed by atoms with Crippen molar-refractivity contribution < 1.29 is 19.1 Å². The Morgan fingerprint density at radius 3 is 2.73 bits per heavy atom. The Kier molecular flexibility index (Phi) is 4.36. The van der Waals surface area contributed by atoms with Crippen molar-refractivity contribution in [3.05, 3.63) is 52.0 Å². The van der Waals surface area contributed by atoms with E-state index >= 15 is 4.39 Å². The Bertz CT molecular complexity index is 831. The number of hydrogen-bond acceptors (Lipinski definition) is 5. The van der Waals surface area contributed by atoms with Crippen LogP contribution in [0.25, 0.3) is 0 Å². The summed E-state index contributed by atoms with van der Waals surface area (Å²) in [7, 11) is 0. The molecule has 4 rings (SSSR count). The molecule has 2 aliphatic heterocycles. The van der Waals surface area contributed by atoms with Crippen LogP contribution in [0.3, 0.4) is 0 Å². The predicted octanol–water partition coefficient (Wildman–Crippen LogP) is 3.95. The van der Waals surface area contributed by atoms with Crippen LogP contribution in [0.5, 0.6) is 0 Å². The van der Waals surface area contributed by atoms with E-state index in [2.05, 4.69) is 10.1 Å². The maximum absolute atomic E-state index is 15.2. The number of rotatable bonds is 3. The van der Waals surface area contributed by atoms with E-state index in [4.69, 9.17) is 9.94 Å². The van der Waals surface area contributed by atoms with Crippen molar-refractivity contribution in [1.82, 2.24) is 9.88 Å². The summed E-state index contributed by atoms with van der Waals surface area (Å²) >= 11 is 1.26. The molecule has 1 aromatic carbocycles. The van der Waals surface area contributed by atoms with Gasteiger partial charge < -0.3 is 14.8 Å². The molecule has 8 heteroatoms. The Balaban J connectivity index is 1.45. The van der Waals surface area contributed by atoms with Gasteiger partial charge in [-0.1, -0.05) is 35.5 Å². The van der Waals surface area contributed by atoms with Gasteiger partial charge in [-0.2, -0.15) is 0 Å². The first kappa shape index (κ1) is 17.0. The molecule has 1 saturated heterocycles. The second kappa shape index (κ2) is 6.68. The van der Waals surface area contributed by atoms with Gasteiger partial charge in [0.2, 0.25) is 0 Å². The number of carboxylic acid groups (broad SMARTS) is 1. The number of carbonyl (C=O) groups is 1. The minimum absolute atomic E-state index is 0.127. The minimum atomic E-state index is -1.58. The molecule has 0 saturated carbocycles. The third-order valence-electron chi connectivity index (χ3n) is 4.85. The number of halogens is 1. The van der Waals surface area contributed by atoms with E-state index < -0.39 is 11.8 Å². The van der Waals surface area contributed by atoms with Crippen LogP contribution in [0.4, 0.5) is 9.18 Å². The molecule has 2 aliphatic rings. The highest BCUT2D eigenvalue weighted by Gasteiger charge is 2.40. The smallest absolute Gasteiger partial charge is 0.407 e. The van der Waals surface area contributed by atoms with Gasteiger partial charge in [-0.25, -0.2) is 14.2 Å². The molecule has 136 valence electrons. The number of benzene rings is 1. The topological polar surface area (TPSA) is 75.0 Å². The molecule has 1 atom stereocenters. The van der Waals surface area contributed by atoms with Gasteiger partial charge in [0, 0.05) is 37.7 Å². The molecule has 1 N–H and O–H groups in total. The lowest BCUT2D eigenvalue weighted by Crippen LogP contribution is -2.42. The van der Waals surface area contributed by atoms with Gasteiger partial charge in [0.05, 0.1) is 5.69 Å². The molecule has 6 nitrogen and oxygen atoms in total. The molecule has 1 fully saturated rings. The van der Waals surface area contributed by atoms with Gasteiger partial charge in [-0.05, 0) is 5.56 Å². The quantitative estimate of drug-likeness (QED) is 0.881. The number of alkyl halides is 1. The van der Waals surface area contributed by atoms with Crippen molar-refractivity contribution in [2.75, 3.05) is 13.1 Å². The van der Waals surface area contributed by atoms with Crippen LogP contribution in [0.1, 0.15) is 41.6 Å². The molecule has 1 unspecified atom stereocenters. The molecular weight excluding hydrogens is 357 g/mol. The highest BCUT2D eigenvalue weighted by atomic mass is 32.1. The van der Waals surface area contributed by atoms with Gasteiger partial charge in [-0.3, -0.25) is 0 Å². The second-order valence-corrected chi connectivity index (χ2v) is 7.38. The predicted molar refractivity (Wildman–Crippen MR) is 95.2 cm³/mol. The average Bonchev–Trinajstić information content (AvgIpc) is 3.33. The zero-order chi connectivity index (χ0) is 18.1. The normalized spacial score (nSPS) is 22.0. The zero-order valence-corrected chi connectivity index (χ0v) is 14.8. The van der Waals surface area contributed by atoms with Gasteiger partial charge >= 0.3 is 6.09 Å². The zero-order valence-electron chi connectivity index (χ0n) is 14.0. The number of hydrogen-bond donors (Lipinski definition) is 1. The fourth-order valence-corrected chi connectivity index (χ4v) is 4.23. The highest BCUT2D eigenvalue weighted by Crippen LogP contribution is 2.39. The van der Waals surface area contributed by atoms with Gasteiger partial charge in [0.1, 0.15) is 10.7 Å². The summed E-state index contributed by atoms with van der Waals surface area (Å²) in [6.45, 7) is 0.363. The summed E-state index contributed by atoms with van der Waals surface area (Å²) in [5.74, 6) is 0. The van der Waals surface area contributed by atoms with Crippen LogP contribution in [-0.4, -0.2) is 39.9 Å². The van der Waals surface area contributed by atoms with Gasteiger partial charge in [0.25, 0.3) is 0 Å². The lowest BCUT2D eigenvalue weighted by Gasteiger charge is -2.33. The largest absolute Gasteiger partial charge is 0.465 e. The maximum atomic E-state index is 15.2. The van der Waals surface area contributed by atoms with E-state index in [1.807, 2.05) is 30.3 Å². The first-order chi connectivity index (χ1) is 12.5. The van der Waals surface area contributed by atoms with Crippen LogP contribution >= 0.6 is 11.3 Å². The summed E-state index contributed by atoms with van der Waals surface area (Å²) in [5, 5.41) is 15.3. The summed E-state index contributed by atoms with van der Waals surface area (Å²) < 4.78 is 15.2. The third kappa shape index (κ3) is 3.16. The number of likely N-dealkylation sites (tertiary alicyclic amines) is 1. The number of amides is 1. The molecule has 0 radical (unpaired) electrons. The first-order valence-electron chi connectivity index (χ1n) is 8.46. The molecule has 3 heterocycles. The van der Waals surface area contributed by atoms with E-state index in [1.165, 1.54) is 16.2 Å². The van der Waals surface area contributed by atoms with E-state index in [-0.39, 0.29) is 32.0 Å². The molecule has 0 bridgehead atoms. The lowest BCUT2D eigenvalue weighted by atomic mass is 9.94. The first-order valence-corrected chi connectivity index (χ1v) is 9.34. The Labute approximate surface area is 153 Å². The fourth-order valence-electron chi connectivity index (χ4n) is 3.25. The van der Waals surface area contributed by atoms with Crippen molar-refractivity contribution >= 4 is 23.1 Å². The molecular formula is C18H18FN3O3S. The number of thiazole rings is 1. The number of piperidine rings is 1. The van der Waals surface area contributed by atoms with Crippen molar-refractivity contribution in [2.45, 2.75) is 31.0 Å². The van der Waals surface area contributed by atoms with E-state index in [0.717, 1.165) is 5.56 Å². The number of oxime groups is 1. The van der Waals surface area contributed by atoms with Crippen LogP contribution in [0, 0.1) is 0 Å². The van der Waals surface area contributed by atoms with Crippen molar-refractivity contribution in [3.8, 4) is 0 Å². The Morgan fingerprint density at radius 1 is 1.31 bits per heavy atom. The summed E-state index contributed by atoms with van der Waals surface area (Å²) in [6, 6.07) is 9.83. The minimum Gasteiger partial charge on any atom is -0.465 e. The van der Waals surface area contributed by atoms with Crippen LogP contribution in [-0.2, 0) is 10.5 Å². The molecule has 1 amide bonds. The monoisotopic (exact) mass is 375 g/mol. The van der Waals surface area contributed by atoms with Gasteiger partial charge in [0.15, 0.2) is 11.8 Å². The van der Waals surface area contributed by atoms with E-state index in [0.29, 0.717) is 22.8 Å². The Hall–Kier alpha value is -2.48. The van der Waals surface area contributed by atoms with Crippen LogP contribution in [0.15, 0.2) is 40.9 Å². The SMILES string of the molecule is O=C(O)N1CCC(F)(c2nc(C3=NOC(c4ccccc4)C3)cs2)CC1. The standard InChI is InChI=1S/C18H18FN3O3S/c19-18(6-8-22(9-7-18)17(23)24)16-20-14(11-26-16)13-10-15(25-21-13)12-4-2-1-3-5-12/h1-5,11,15H,6-10H2,(H,23,24). The second-order valence-electron chi connectivity index (χ2n) is 6.52. The molecule has 26 heavy (non-hydrogen) atoms. The van der Waals surface area contributed by atoms with E-state index in [9.17, 15) is 4.79 Å². The Morgan fingerprint density at radius 2 is 2.04 bits per heavy atom. The van der Waals surface area contributed by atoms with Crippen molar-refractivity contribution in [2.24, 2.45) is 5.16 Å². The molecule has 0 spiro atoms. The van der Waals surface area contributed by atoms with Crippen molar-refractivity contribution in [1.29, 1.82) is 0 Å². The summed E-state index contributed by atoms with van der Waals surface area (Å²) in [5.41, 5.74) is 0.826. The van der Waals surface area contributed by atoms with E-state index in [1.54, 1.807) is 5.38 Å². The highest BCUT2D eigenvalue weighted by molar-refractivity contribution is 7.10. The molecule has 1 aromatic heterocycles. The third-order valence-corrected chi connectivity index (χ3v) is 5.87. The van der Waals surface area contributed by atoms with Gasteiger partial charge in [-0.15, -0.1) is 11.3 Å². The number of nitrogens with zero attached hydrogens (tertiary/aromatic N) is 3. The number of aromatic nitrogens is 1. The van der Waals surface area contributed by atoms with Crippen LogP contribution in [0.2, 0.25) is 0 Å². The fraction of sp³-hybridized carbons (Fsp3) is 0.389. The molecule has 2 aromatic rings. The molecule has 0 aliphatic carbocycles. The van der Waals surface area contributed by atoms with Crippen molar-refractivity contribution in [3.63, 3.8) is 0 Å². The summed E-state index contributed by atoms with van der Waals surface area (Å²) in [4.78, 5) is 22.2. The summed E-state index contributed by atoms with van der Waals surface area (Å²) in [6.07, 6.45) is -0.297.